The van der Waals surface area contributed by atoms with Crippen LogP contribution in [0.5, 0.6) is 0 Å². The summed E-state index contributed by atoms with van der Waals surface area (Å²) in [5.74, 6) is 0.0583. The zero-order valence-corrected chi connectivity index (χ0v) is 10.3. The van der Waals surface area contributed by atoms with Gasteiger partial charge in [0.05, 0.1) is 13.2 Å². The molecule has 1 amide bonds. The van der Waals surface area contributed by atoms with E-state index in [9.17, 15) is 4.79 Å². The van der Waals surface area contributed by atoms with Crippen LogP contribution in [0, 0.1) is 0 Å². The second-order valence-electron chi connectivity index (χ2n) is 3.73. The number of hydrogen-bond acceptors (Lipinski definition) is 3. The maximum absolute atomic E-state index is 11.7. The molecule has 0 aliphatic rings. The smallest absolute Gasteiger partial charge is 0.248 e. The van der Waals surface area contributed by atoms with Crippen LogP contribution in [-0.4, -0.2) is 50.3 Å². The number of nitrogens with zero attached hydrogens (tertiary/aromatic N) is 1. The summed E-state index contributed by atoms with van der Waals surface area (Å²) in [6.07, 6.45) is 0.974. The quantitative estimate of drug-likeness (QED) is 0.575. The normalized spacial score (nSPS) is 10.7. The second kappa shape index (κ2) is 8.68. The molecule has 4 heteroatoms. The number of amides is 1. The molecular weight excluding hydrogens is 194 g/mol. The van der Waals surface area contributed by atoms with Crippen molar-refractivity contribution < 1.29 is 14.3 Å². The van der Waals surface area contributed by atoms with Gasteiger partial charge < -0.3 is 14.4 Å². The van der Waals surface area contributed by atoms with E-state index in [1.807, 2.05) is 18.7 Å². The summed E-state index contributed by atoms with van der Waals surface area (Å²) in [6.45, 7) is 8.05. The number of carbonyl (C=O) groups is 1. The van der Waals surface area contributed by atoms with Crippen molar-refractivity contribution in [3.8, 4) is 0 Å². The zero-order valence-electron chi connectivity index (χ0n) is 10.3. The molecule has 0 unspecified atom stereocenters. The predicted molar refractivity (Wildman–Crippen MR) is 59.8 cm³/mol. The molecule has 0 heterocycles. The summed E-state index contributed by atoms with van der Waals surface area (Å²) >= 11 is 0. The summed E-state index contributed by atoms with van der Waals surface area (Å²) < 4.78 is 10.0. The largest absolute Gasteiger partial charge is 0.382 e. The first-order valence-corrected chi connectivity index (χ1v) is 5.49. The minimum absolute atomic E-state index is 0.0583. The molecular formula is C11H23NO3. The highest BCUT2D eigenvalue weighted by atomic mass is 16.5. The number of ether oxygens (including phenoxy) is 2. The molecule has 0 saturated heterocycles. The number of carbonyl (C=O) groups excluding carboxylic acids is 1. The monoisotopic (exact) mass is 217 g/mol. The first kappa shape index (κ1) is 14.4. The van der Waals surface area contributed by atoms with E-state index in [-0.39, 0.29) is 18.6 Å². The standard InChI is InChI=1S/C11H23NO3/c1-5-6-12(10(2)3)11(13)9-15-8-7-14-4/h10H,5-9H2,1-4H3. The molecule has 4 nitrogen and oxygen atoms in total. The molecule has 90 valence electrons. The van der Waals surface area contributed by atoms with E-state index in [4.69, 9.17) is 9.47 Å². The Morgan fingerprint density at radius 3 is 2.47 bits per heavy atom. The molecule has 0 N–H and O–H groups in total. The van der Waals surface area contributed by atoms with Crippen molar-refractivity contribution in [1.29, 1.82) is 0 Å². The van der Waals surface area contributed by atoms with Crippen molar-refractivity contribution in [2.75, 3.05) is 33.5 Å². The van der Waals surface area contributed by atoms with Crippen molar-refractivity contribution in [3.63, 3.8) is 0 Å². The highest BCUT2D eigenvalue weighted by Crippen LogP contribution is 2.00. The fourth-order valence-electron chi connectivity index (χ4n) is 1.30. The van der Waals surface area contributed by atoms with E-state index in [0.29, 0.717) is 13.2 Å². The van der Waals surface area contributed by atoms with Crippen LogP contribution >= 0.6 is 0 Å². The molecule has 15 heavy (non-hydrogen) atoms. The minimum Gasteiger partial charge on any atom is -0.382 e. The molecule has 0 atom stereocenters. The lowest BCUT2D eigenvalue weighted by molar-refractivity contribution is -0.138. The fourth-order valence-corrected chi connectivity index (χ4v) is 1.30. The third kappa shape index (κ3) is 6.47. The predicted octanol–water partition coefficient (Wildman–Crippen LogP) is 1.30. The molecule has 0 bridgehead atoms. The summed E-state index contributed by atoms with van der Waals surface area (Å²) in [4.78, 5) is 13.5. The van der Waals surface area contributed by atoms with Crippen LogP contribution in [0.1, 0.15) is 27.2 Å². The van der Waals surface area contributed by atoms with Gasteiger partial charge in [0.15, 0.2) is 0 Å². The third-order valence-electron chi connectivity index (χ3n) is 2.07. The van der Waals surface area contributed by atoms with Crippen LogP contribution in [0.3, 0.4) is 0 Å². The lowest BCUT2D eigenvalue weighted by Crippen LogP contribution is -2.40. The molecule has 0 aromatic rings. The summed E-state index contributed by atoms with van der Waals surface area (Å²) in [5, 5.41) is 0. The lowest BCUT2D eigenvalue weighted by Gasteiger charge is -2.26. The molecule has 0 radical (unpaired) electrons. The van der Waals surface area contributed by atoms with Crippen molar-refractivity contribution >= 4 is 5.91 Å². The van der Waals surface area contributed by atoms with E-state index in [1.165, 1.54) is 0 Å². The number of rotatable bonds is 8. The molecule has 0 spiro atoms. The van der Waals surface area contributed by atoms with Crippen LogP contribution < -0.4 is 0 Å². The Hall–Kier alpha value is -0.610. The molecule has 0 fully saturated rings. The molecule has 0 rings (SSSR count). The SMILES string of the molecule is CCCN(C(=O)COCCOC)C(C)C. The van der Waals surface area contributed by atoms with E-state index in [2.05, 4.69) is 6.92 Å². The Kier molecular flexibility index (Phi) is 8.33. The van der Waals surface area contributed by atoms with Gasteiger partial charge in [0, 0.05) is 19.7 Å². The van der Waals surface area contributed by atoms with Gasteiger partial charge in [0.25, 0.3) is 0 Å². The zero-order chi connectivity index (χ0) is 11.7. The Bertz CT molecular complexity index is 171. The lowest BCUT2D eigenvalue weighted by atomic mass is 10.3. The van der Waals surface area contributed by atoms with Gasteiger partial charge in [0.2, 0.25) is 5.91 Å². The van der Waals surface area contributed by atoms with Crippen molar-refractivity contribution in [2.24, 2.45) is 0 Å². The first-order valence-electron chi connectivity index (χ1n) is 5.49. The number of hydrogen-bond donors (Lipinski definition) is 0. The van der Waals surface area contributed by atoms with Gasteiger partial charge >= 0.3 is 0 Å². The van der Waals surface area contributed by atoms with Crippen molar-refractivity contribution in [2.45, 2.75) is 33.2 Å². The van der Waals surface area contributed by atoms with E-state index in [0.717, 1.165) is 13.0 Å². The first-order chi connectivity index (χ1) is 7.13. The van der Waals surface area contributed by atoms with Gasteiger partial charge in [-0.05, 0) is 20.3 Å². The van der Waals surface area contributed by atoms with Gasteiger partial charge in [-0.2, -0.15) is 0 Å². The third-order valence-corrected chi connectivity index (χ3v) is 2.07. The van der Waals surface area contributed by atoms with Gasteiger partial charge in [-0.3, -0.25) is 4.79 Å². The molecule has 0 aliphatic carbocycles. The highest BCUT2D eigenvalue weighted by molar-refractivity contribution is 5.77. The van der Waals surface area contributed by atoms with Crippen LogP contribution in [-0.2, 0) is 14.3 Å². The summed E-state index contributed by atoms with van der Waals surface area (Å²) in [5.41, 5.74) is 0. The summed E-state index contributed by atoms with van der Waals surface area (Å²) in [7, 11) is 1.61. The van der Waals surface area contributed by atoms with Crippen molar-refractivity contribution in [1.82, 2.24) is 4.90 Å². The second-order valence-corrected chi connectivity index (χ2v) is 3.73. The highest BCUT2D eigenvalue weighted by Gasteiger charge is 2.15. The van der Waals surface area contributed by atoms with Gasteiger partial charge in [0.1, 0.15) is 6.61 Å². The van der Waals surface area contributed by atoms with E-state index >= 15 is 0 Å². The summed E-state index contributed by atoms with van der Waals surface area (Å²) in [6, 6.07) is 0.239. The van der Waals surface area contributed by atoms with Crippen LogP contribution in [0.4, 0.5) is 0 Å². The fraction of sp³-hybridized carbons (Fsp3) is 0.909. The molecule has 0 aliphatic heterocycles. The Labute approximate surface area is 92.5 Å². The van der Waals surface area contributed by atoms with Crippen LogP contribution in [0.25, 0.3) is 0 Å². The van der Waals surface area contributed by atoms with Crippen LogP contribution in [0.15, 0.2) is 0 Å². The average molecular weight is 217 g/mol. The van der Waals surface area contributed by atoms with E-state index < -0.39 is 0 Å². The topological polar surface area (TPSA) is 38.8 Å². The Morgan fingerprint density at radius 2 is 2.00 bits per heavy atom. The average Bonchev–Trinajstić information content (AvgIpc) is 2.20. The van der Waals surface area contributed by atoms with Gasteiger partial charge in [-0.15, -0.1) is 0 Å². The maximum Gasteiger partial charge on any atom is 0.248 e. The Morgan fingerprint density at radius 1 is 1.33 bits per heavy atom. The van der Waals surface area contributed by atoms with Crippen molar-refractivity contribution in [3.05, 3.63) is 0 Å². The van der Waals surface area contributed by atoms with Gasteiger partial charge in [-0.1, -0.05) is 6.92 Å². The molecule has 0 aromatic carbocycles. The van der Waals surface area contributed by atoms with Gasteiger partial charge in [-0.25, -0.2) is 0 Å². The molecule has 0 saturated carbocycles. The van der Waals surface area contributed by atoms with E-state index in [1.54, 1.807) is 7.11 Å². The maximum atomic E-state index is 11.7. The molecule has 0 aromatic heterocycles. The van der Waals surface area contributed by atoms with Crippen LogP contribution in [0.2, 0.25) is 0 Å². The number of methoxy groups -OCH3 is 1. The minimum atomic E-state index is 0.0583. The Balaban J connectivity index is 3.82.